The highest BCUT2D eigenvalue weighted by molar-refractivity contribution is 6.11. The van der Waals surface area contributed by atoms with Gasteiger partial charge in [-0.05, 0) is 91.0 Å². The van der Waals surface area contributed by atoms with Gasteiger partial charge in [0.2, 0.25) is 0 Å². The Hall–Kier alpha value is -3.20. The normalized spacial score (nSPS) is 27.5. The molecule has 33 heavy (non-hydrogen) atoms. The molecule has 0 aliphatic heterocycles. The van der Waals surface area contributed by atoms with Crippen LogP contribution in [-0.2, 0) is 5.41 Å². The lowest BCUT2D eigenvalue weighted by Gasteiger charge is -2.57. The van der Waals surface area contributed by atoms with Crippen LogP contribution in [0, 0.1) is 17.8 Å². The summed E-state index contributed by atoms with van der Waals surface area (Å²) in [6.45, 7) is 0. The van der Waals surface area contributed by atoms with E-state index in [1.54, 1.807) is 24.3 Å². The summed E-state index contributed by atoms with van der Waals surface area (Å²) in [5, 5.41) is 11.6. The lowest BCUT2D eigenvalue weighted by molar-refractivity contribution is -0.00613. The number of carbonyl (C=O) groups is 2. The molecule has 0 radical (unpaired) electrons. The highest BCUT2D eigenvalue weighted by atomic mass is 16.3. The van der Waals surface area contributed by atoms with E-state index in [-0.39, 0.29) is 16.9 Å². The summed E-state index contributed by atoms with van der Waals surface area (Å²) in [5.41, 5.74) is 4.21. The highest BCUT2D eigenvalue weighted by Gasteiger charge is 2.52. The van der Waals surface area contributed by atoms with Crippen molar-refractivity contribution < 1.29 is 14.7 Å². The standard InChI is InChI=1S/C30H28O3/c31-18-19-5-4-8-24(12-19)25-13-26(28(32)23-6-2-1-3-7-23)29(33)27(14-25)30-15-20-9-21(16-30)11-22(10-20)17-30/h1-8,12-14,18,20-22,33H,9-11,15-17H2. The molecule has 0 heterocycles. The van der Waals surface area contributed by atoms with E-state index in [0.29, 0.717) is 16.7 Å². The van der Waals surface area contributed by atoms with E-state index in [2.05, 4.69) is 6.07 Å². The van der Waals surface area contributed by atoms with Gasteiger partial charge in [0.1, 0.15) is 12.0 Å². The minimum Gasteiger partial charge on any atom is -0.507 e. The van der Waals surface area contributed by atoms with E-state index in [1.165, 1.54) is 19.3 Å². The lowest BCUT2D eigenvalue weighted by atomic mass is 9.48. The fourth-order valence-electron chi connectivity index (χ4n) is 7.36. The topological polar surface area (TPSA) is 54.4 Å². The zero-order valence-electron chi connectivity index (χ0n) is 18.7. The van der Waals surface area contributed by atoms with E-state index in [4.69, 9.17) is 0 Å². The highest BCUT2D eigenvalue weighted by Crippen LogP contribution is 2.62. The Bertz CT molecular complexity index is 1210. The van der Waals surface area contributed by atoms with Gasteiger partial charge in [-0.3, -0.25) is 9.59 Å². The molecule has 3 nitrogen and oxygen atoms in total. The minimum absolute atomic E-state index is 0.0527. The predicted molar refractivity (Wildman–Crippen MR) is 129 cm³/mol. The number of aromatic hydroxyl groups is 1. The van der Waals surface area contributed by atoms with E-state index in [1.807, 2.05) is 36.4 Å². The van der Waals surface area contributed by atoms with Gasteiger partial charge in [-0.1, -0.05) is 48.5 Å². The Labute approximate surface area is 194 Å². The number of hydrogen-bond donors (Lipinski definition) is 1. The SMILES string of the molecule is O=Cc1cccc(-c2cc(C(=O)c3ccccc3)c(O)c(C34CC5CC(CC(C5)C3)C4)c2)c1. The van der Waals surface area contributed by atoms with Gasteiger partial charge in [-0.2, -0.15) is 0 Å². The van der Waals surface area contributed by atoms with Crippen molar-refractivity contribution in [3.8, 4) is 16.9 Å². The molecule has 0 unspecified atom stereocenters. The molecule has 7 rings (SSSR count). The predicted octanol–water partition coefficient (Wildman–Crippen LogP) is 6.57. The summed E-state index contributed by atoms with van der Waals surface area (Å²) in [7, 11) is 0. The maximum absolute atomic E-state index is 13.5. The number of ketones is 1. The second-order valence-corrected chi connectivity index (χ2v) is 10.6. The molecular formula is C30H28O3. The molecule has 4 aliphatic rings. The van der Waals surface area contributed by atoms with Crippen LogP contribution in [-0.4, -0.2) is 17.2 Å². The van der Waals surface area contributed by atoms with Crippen molar-refractivity contribution >= 4 is 12.1 Å². The minimum atomic E-state index is -0.160. The first-order chi connectivity index (χ1) is 16.0. The molecule has 4 bridgehead atoms. The zero-order valence-corrected chi connectivity index (χ0v) is 18.7. The maximum atomic E-state index is 13.5. The Morgan fingerprint density at radius 2 is 1.48 bits per heavy atom. The van der Waals surface area contributed by atoms with Gasteiger partial charge < -0.3 is 5.11 Å². The Balaban J connectivity index is 1.54. The second kappa shape index (κ2) is 7.69. The van der Waals surface area contributed by atoms with Gasteiger partial charge in [0, 0.05) is 16.7 Å². The van der Waals surface area contributed by atoms with Crippen LogP contribution in [0.2, 0.25) is 0 Å². The lowest BCUT2D eigenvalue weighted by Crippen LogP contribution is -2.48. The summed E-state index contributed by atoms with van der Waals surface area (Å²) in [4.78, 5) is 24.9. The van der Waals surface area contributed by atoms with Crippen molar-refractivity contribution in [1.82, 2.24) is 0 Å². The fraction of sp³-hybridized carbons (Fsp3) is 0.333. The molecule has 3 aromatic carbocycles. The van der Waals surface area contributed by atoms with E-state index in [0.717, 1.165) is 60.0 Å². The molecule has 0 saturated heterocycles. The average Bonchev–Trinajstić information content (AvgIpc) is 2.83. The van der Waals surface area contributed by atoms with Crippen LogP contribution < -0.4 is 0 Å². The summed E-state index contributed by atoms with van der Waals surface area (Å²) in [6.07, 6.45) is 8.10. The molecule has 4 fully saturated rings. The Morgan fingerprint density at radius 3 is 2.12 bits per heavy atom. The largest absolute Gasteiger partial charge is 0.507 e. The first-order valence-corrected chi connectivity index (χ1v) is 12.1. The third kappa shape index (κ3) is 3.42. The molecule has 4 aliphatic carbocycles. The van der Waals surface area contributed by atoms with Gasteiger partial charge in [-0.15, -0.1) is 0 Å². The van der Waals surface area contributed by atoms with Crippen LogP contribution in [0.25, 0.3) is 11.1 Å². The molecular weight excluding hydrogens is 408 g/mol. The van der Waals surface area contributed by atoms with E-state index >= 15 is 0 Å². The second-order valence-electron chi connectivity index (χ2n) is 10.6. The molecule has 3 aromatic rings. The Morgan fingerprint density at radius 1 is 0.818 bits per heavy atom. The summed E-state index contributed by atoms with van der Waals surface area (Å²) in [6, 6.07) is 20.6. The first kappa shape index (κ1) is 20.4. The molecule has 3 heteroatoms. The summed E-state index contributed by atoms with van der Waals surface area (Å²) >= 11 is 0. The number of benzene rings is 3. The average molecular weight is 437 g/mol. The van der Waals surface area contributed by atoms with E-state index < -0.39 is 0 Å². The molecule has 0 amide bonds. The quantitative estimate of drug-likeness (QED) is 0.363. The monoisotopic (exact) mass is 436 g/mol. The van der Waals surface area contributed by atoms with Gasteiger partial charge in [0.15, 0.2) is 5.78 Å². The van der Waals surface area contributed by atoms with Gasteiger partial charge in [0.05, 0.1) is 5.56 Å². The summed E-state index contributed by atoms with van der Waals surface area (Å²) < 4.78 is 0. The number of phenolic OH excluding ortho intramolecular Hbond substituents is 1. The van der Waals surface area contributed by atoms with Crippen molar-refractivity contribution in [3.63, 3.8) is 0 Å². The van der Waals surface area contributed by atoms with Crippen LogP contribution >= 0.6 is 0 Å². The van der Waals surface area contributed by atoms with Crippen LogP contribution in [0.3, 0.4) is 0 Å². The van der Waals surface area contributed by atoms with Crippen molar-refractivity contribution in [3.05, 3.63) is 89.0 Å². The number of hydrogen-bond acceptors (Lipinski definition) is 3. The van der Waals surface area contributed by atoms with E-state index in [9.17, 15) is 14.7 Å². The van der Waals surface area contributed by atoms with Gasteiger partial charge >= 0.3 is 0 Å². The third-order valence-corrected chi connectivity index (χ3v) is 8.36. The summed E-state index contributed by atoms with van der Waals surface area (Å²) in [5.74, 6) is 2.18. The van der Waals surface area contributed by atoms with Crippen LogP contribution in [0.1, 0.15) is 70.4 Å². The molecule has 0 spiro atoms. The number of rotatable bonds is 5. The van der Waals surface area contributed by atoms with Crippen LogP contribution in [0.15, 0.2) is 66.7 Å². The Kier molecular flexibility index (Phi) is 4.76. The molecule has 0 atom stereocenters. The zero-order chi connectivity index (χ0) is 22.6. The third-order valence-electron chi connectivity index (χ3n) is 8.36. The van der Waals surface area contributed by atoms with Gasteiger partial charge in [-0.25, -0.2) is 0 Å². The van der Waals surface area contributed by atoms with Gasteiger partial charge in [0.25, 0.3) is 0 Å². The molecule has 4 saturated carbocycles. The van der Waals surface area contributed by atoms with Crippen LogP contribution in [0.4, 0.5) is 0 Å². The van der Waals surface area contributed by atoms with Crippen molar-refractivity contribution in [1.29, 1.82) is 0 Å². The maximum Gasteiger partial charge on any atom is 0.196 e. The molecule has 166 valence electrons. The number of phenols is 1. The number of aldehydes is 1. The van der Waals surface area contributed by atoms with Crippen LogP contribution in [0.5, 0.6) is 5.75 Å². The fourth-order valence-corrected chi connectivity index (χ4v) is 7.36. The van der Waals surface area contributed by atoms with Crippen molar-refractivity contribution in [2.45, 2.75) is 43.9 Å². The first-order valence-electron chi connectivity index (χ1n) is 12.1. The molecule has 1 N–H and O–H groups in total. The molecule has 0 aromatic heterocycles. The van der Waals surface area contributed by atoms with Crippen molar-refractivity contribution in [2.24, 2.45) is 17.8 Å². The number of carbonyl (C=O) groups excluding carboxylic acids is 2. The van der Waals surface area contributed by atoms with Crippen molar-refractivity contribution in [2.75, 3.05) is 0 Å². The smallest absolute Gasteiger partial charge is 0.196 e.